The molecule has 0 amide bonds. The zero-order valence-corrected chi connectivity index (χ0v) is 9.56. The summed E-state index contributed by atoms with van der Waals surface area (Å²) in [6.45, 7) is 2.32. The van der Waals surface area contributed by atoms with Gasteiger partial charge in [-0.1, -0.05) is 0 Å². The number of hydrogen-bond acceptors (Lipinski definition) is 8. The lowest BCUT2D eigenvalue weighted by atomic mass is 10.3. The molecule has 0 atom stereocenters. The average Bonchev–Trinajstić information content (AvgIpc) is 2.28. The molecule has 4 N–H and O–H groups in total. The Labute approximate surface area is 97.5 Å². The average molecular weight is 242 g/mol. The SMILES string of the molecule is COCCNc1nc(NN)nc(C)c1[N+](=O)[O-]. The molecule has 1 aromatic rings. The van der Waals surface area contributed by atoms with Crippen LogP contribution in [0.5, 0.6) is 0 Å². The lowest BCUT2D eigenvalue weighted by molar-refractivity contribution is -0.385. The van der Waals surface area contributed by atoms with Crippen molar-refractivity contribution < 1.29 is 9.66 Å². The number of anilines is 2. The number of nitrogen functional groups attached to an aromatic ring is 1. The molecule has 94 valence electrons. The Morgan fingerprint density at radius 2 is 2.24 bits per heavy atom. The highest BCUT2D eigenvalue weighted by Gasteiger charge is 2.21. The second-order valence-electron chi connectivity index (χ2n) is 3.15. The summed E-state index contributed by atoms with van der Waals surface area (Å²) in [6.07, 6.45) is 0. The lowest BCUT2D eigenvalue weighted by Gasteiger charge is -2.08. The largest absolute Gasteiger partial charge is 0.383 e. The van der Waals surface area contributed by atoms with Crippen LogP contribution in [0.15, 0.2) is 0 Å². The fraction of sp³-hybridized carbons (Fsp3) is 0.500. The molecule has 0 saturated carbocycles. The third-order valence-electron chi connectivity index (χ3n) is 1.97. The maximum Gasteiger partial charge on any atom is 0.332 e. The quantitative estimate of drug-likeness (QED) is 0.276. The molecule has 0 radical (unpaired) electrons. The molecule has 0 fully saturated rings. The van der Waals surface area contributed by atoms with Crippen LogP contribution in [0.2, 0.25) is 0 Å². The minimum Gasteiger partial charge on any atom is -0.383 e. The normalized spacial score (nSPS) is 10.1. The molecule has 0 aliphatic rings. The standard InChI is InChI=1S/C8H14N6O3/c1-5-6(14(15)16)7(10-3-4-17-2)12-8(11-5)13-9/h3-4,9H2,1-2H3,(H2,10,11,12,13). The van der Waals surface area contributed by atoms with Crippen molar-refractivity contribution in [1.82, 2.24) is 9.97 Å². The summed E-state index contributed by atoms with van der Waals surface area (Å²) in [6, 6.07) is 0. The Morgan fingerprint density at radius 1 is 1.53 bits per heavy atom. The van der Waals surface area contributed by atoms with Crippen LogP contribution in [0.25, 0.3) is 0 Å². The van der Waals surface area contributed by atoms with E-state index in [-0.39, 0.29) is 23.1 Å². The summed E-state index contributed by atoms with van der Waals surface area (Å²) in [7, 11) is 1.54. The van der Waals surface area contributed by atoms with Gasteiger partial charge in [-0.2, -0.15) is 4.98 Å². The van der Waals surface area contributed by atoms with Crippen molar-refractivity contribution in [1.29, 1.82) is 0 Å². The van der Waals surface area contributed by atoms with E-state index >= 15 is 0 Å². The number of rotatable bonds is 6. The lowest BCUT2D eigenvalue weighted by Crippen LogP contribution is -2.16. The zero-order valence-electron chi connectivity index (χ0n) is 9.56. The van der Waals surface area contributed by atoms with Gasteiger partial charge in [0.2, 0.25) is 11.8 Å². The minimum absolute atomic E-state index is 0.118. The summed E-state index contributed by atoms with van der Waals surface area (Å²) >= 11 is 0. The van der Waals surface area contributed by atoms with Gasteiger partial charge in [0.25, 0.3) is 0 Å². The maximum absolute atomic E-state index is 10.9. The van der Waals surface area contributed by atoms with Crippen molar-refractivity contribution in [2.45, 2.75) is 6.92 Å². The van der Waals surface area contributed by atoms with Gasteiger partial charge in [-0.15, -0.1) is 0 Å². The van der Waals surface area contributed by atoms with Crippen LogP contribution in [0.4, 0.5) is 17.5 Å². The second kappa shape index (κ2) is 5.92. The summed E-state index contributed by atoms with van der Waals surface area (Å²) < 4.78 is 4.83. The van der Waals surface area contributed by atoms with Crippen LogP contribution >= 0.6 is 0 Å². The molecule has 0 unspecified atom stereocenters. The number of aromatic nitrogens is 2. The number of ether oxygens (including phenoxy) is 1. The molecule has 9 heteroatoms. The van der Waals surface area contributed by atoms with E-state index in [2.05, 4.69) is 20.7 Å². The molecular formula is C8H14N6O3. The molecule has 17 heavy (non-hydrogen) atoms. The second-order valence-corrected chi connectivity index (χ2v) is 3.15. The van der Waals surface area contributed by atoms with E-state index < -0.39 is 4.92 Å². The van der Waals surface area contributed by atoms with Crippen molar-refractivity contribution in [3.05, 3.63) is 15.8 Å². The number of hydrogen-bond donors (Lipinski definition) is 3. The van der Waals surface area contributed by atoms with E-state index in [1.165, 1.54) is 14.0 Å². The highest BCUT2D eigenvalue weighted by atomic mass is 16.6. The third kappa shape index (κ3) is 3.23. The van der Waals surface area contributed by atoms with Gasteiger partial charge in [0, 0.05) is 13.7 Å². The smallest absolute Gasteiger partial charge is 0.332 e. The van der Waals surface area contributed by atoms with Crippen molar-refractivity contribution in [3.63, 3.8) is 0 Å². The van der Waals surface area contributed by atoms with Crippen LogP contribution in [0, 0.1) is 17.0 Å². The molecular weight excluding hydrogens is 228 g/mol. The number of aryl methyl sites for hydroxylation is 1. The molecule has 1 heterocycles. The van der Waals surface area contributed by atoms with Crippen molar-refractivity contribution in [2.24, 2.45) is 5.84 Å². The first kappa shape index (κ1) is 13.1. The molecule has 0 aliphatic heterocycles. The maximum atomic E-state index is 10.9. The third-order valence-corrected chi connectivity index (χ3v) is 1.97. The number of nitro groups is 1. The number of hydrazine groups is 1. The molecule has 0 bridgehead atoms. The highest BCUT2D eigenvalue weighted by molar-refractivity contribution is 5.60. The Morgan fingerprint density at radius 3 is 2.76 bits per heavy atom. The number of methoxy groups -OCH3 is 1. The van der Waals surface area contributed by atoms with Gasteiger partial charge in [0.15, 0.2) is 0 Å². The van der Waals surface area contributed by atoms with Crippen LogP contribution in [-0.2, 0) is 4.74 Å². The van der Waals surface area contributed by atoms with E-state index in [1.807, 2.05) is 0 Å². The minimum atomic E-state index is -0.537. The molecule has 0 spiro atoms. The summed E-state index contributed by atoms with van der Waals surface area (Å²) in [5, 5.41) is 13.7. The van der Waals surface area contributed by atoms with Crippen molar-refractivity contribution in [3.8, 4) is 0 Å². The Hall–Kier alpha value is -2.00. The van der Waals surface area contributed by atoms with Gasteiger partial charge < -0.3 is 10.1 Å². The van der Waals surface area contributed by atoms with Gasteiger partial charge in [0.05, 0.1) is 11.5 Å². The summed E-state index contributed by atoms with van der Waals surface area (Å²) in [5.41, 5.74) is 2.32. The molecule has 0 aromatic carbocycles. The first-order valence-electron chi connectivity index (χ1n) is 4.82. The van der Waals surface area contributed by atoms with E-state index in [0.29, 0.717) is 13.2 Å². The Bertz CT molecular complexity index is 410. The van der Waals surface area contributed by atoms with E-state index in [9.17, 15) is 10.1 Å². The zero-order chi connectivity index (χ0) is 12.8. The Balaban J connectivity index is 3.04. The van der Waals surface area contributed by atoms with E-state index in [0.717, 1.165) is 0 Å². The van der Waals surface area contributed by atoms with E-state index in [4.69, 9.17) is 10.6 Å². The number of nitrogens with zero attached hydrogens (tertiary/aromatic N) is 3. The fourth-order valence-electron chi connectivity index (χ4n) is 1.24. The van der Waals surface area contributed by atoms with Gasteiger partial charge in [-0.05, 0) is 6.92 Å². The van der Waals surface area contributed by atoms with Crippen molar-refractivity contribution in [2.75, 3.05) is 31.0 Å². The summed E-state index contributed by atoms with van der Waals surface area (Å²) in [5.74, 6) is 5.41. The van der Waals surface area contributed by atoms with Gasteiger partial charge in [-0.3, -0.25) is 15.5 Å². The van der Waals surface area contributed by atoms with Gasteiger partial charge in [0.1, 0.15) is 5.69 Å². The predicted octanol–water partition coefficient (Wildman–Crippen LogP) is 0.0371. The number of nitrogens with one attached hydrogen (secondary N) is 2. The predicted molar refractivity (Wildman–Crippen MR) is 61.6 cm³/mol. The van der Waals surface area contributed by atoms with Gasteiger partial charge >= 0.3 is 5.69 Å². The fourth-order valence-corrected chi connectivity index (χ4v) is 1.24. The first-order chi connectivity index (χ1) is 8.10. The van der Waals surface area contributed by atoms with Gasteiger partial charge in [-0.25, -0.2) is 10.8 Å². The molecule has 0 aliphatic carbocycles. The summed E-state index contributed by atoms with van der Waals surface area (Å²) in [4.78, 5) is 18.1. The number of nitrogens with two attached hydrogens (primary N) is 1. The van der Waals surface area contributed by atoms with E-state index in [1.54, 1.807) is 0 Å². The topological polar surface area (TPSA) is 128 Å². The molecule has 1 aromatic heterocycles. The molecule has 9 nitrogen and oxygen atoms in total. The highest BCUT2D eigenvalue weighted by Crippen LogP contribution is 2.25. The molecule has 0 saturated heterocycles. The van der Waals surface area contributed by atoms with Crippen LogP contribution < -0.4 is 16.6 Å². The van der Waals surface area contributed by atoms with Crippen LogP contribution in [0.1, 0.15) is 5.69 Å². The van der Waals surface area contributed by atoms with Crippen LogP contribution in [0.3, 0.4) is 0 Å². The first-order valence-corrected chi connectivity index (χ1v) is 4.82. The Kier molecular flexibility index (Phi) is 4.55. The molecule has 1 rings (SSSR count). The van der Waals surface area contributed by atoms with Crippen molar-refractivity contribution >= 4 is 17.5 Å². The monoisotopic (exact) mass is 242 g/mol. The van der Waals surface area contributed by atoms with Crippen LogP contribution in [-0.4, -0.2) is 35.2 Å².